The fraction of sp³-hybridized carbons (Fsp3) is 0.235. The molecule has 98 valence electrons. The fourth-order valence-electron chi connectivity index (χ4n) is 2.24. The molecule has 1 nitrogen and oxygen atoms in total. The molecule has 0 saturated carbocycles. The molecular weight excluding hydrogens is 300 g/mol. The molecule has 0 amide bonds. The zero-order valence-electron chi connectivity index (χ0n) is 11.2. The highest BCUT2D eigenvalue weighted by Crippen LogP contribution is 2.21. The summed E-state index contributed by atoms with van der Waals surface area (Å²) in [6.07, 6.45) is 1.97. The van der Waals surface area contributed by atoms with E-state index in [0.717, 1.165) is 22.9 Å². The van der Waals surface area contributed by atoms with Gasteiger partial charge in [-0.2, -0.15) is 0 Å². The summed E-state index contributed by atoms with van der Waals surface area (Å²) in [4.78, 5) is 12.5. The summed E-state index contributed by atoms with van der Waals surface area (Å²) in [6.45, 7) is 4.27. The van der Waals surface area contributed by atoms with Crippen molar-refractivity contribution in [2.75, 3.05) is 0 Å². The molecule has 0 N–H and O–H groups in total. The minimum Gasteiger partial charge on any atom is -0.289 e. The van der Waals surface area contributed by atoms with Gasteiger partial charge in [-0.1, -0.05) is 54.0 Å². The van der Waals surface area contributed by atoms with Gasteiger partial charge in [0.25, 0.3) is 0 Å². The van der Waals surface area contributed by atoms with Crippen molar-refractivity contribution in [1.82, 2.24) is 0 Å². The third-order valence-electron chi connectivity index (χ3n) is 3.35. The van der Waals surface area contributed by atoms with Crippen molar-refractivity contribution in [3.05, 3.63) is 69.2 Å². The van der Waals surface area contributed by atoms with E-state index in [-0.39, 0.29) is 5.78 Å². The van der Waals surface area contributed by atoms with Crippen molar-refractivity contribution < 1.29 is 4.79 Å². The predicted octanol–water partition coefficient (Wildman–Crippen LogP) is 4.80. The summed E-state index contributed by atoms with van der Waals surface area (Å²) in [5.41, 5.74) is 4.07. The van der Waals surface area contributed by atoms with E-state index in [1.165, 1.54) is 11.1 Å². The highest BCUT2D eigenvalue weighted by atomic mass is 79.9. The highest BCUT2D eigenvalue weighted by Gasteiger charge is 2.13. The SMILES string of the molecule is CCc1ccc(C(=O)c2ccccc2Br)cc1CC. The maximum atomic E-state index is 12.5. The number of halogens is 1. The first kappa shape index (κ1) is 14.0. The van der Waals surface area contributed by atoms with Crippen LogP contribution in [0.3, 0.4) is 0 Å². The maximum Gasteiger partial charge on any atom is 0.194 e. The predicted molar refractivity (Wildman–Crippen MR) is 82.8 cm³/mol. The van der Waals surface area contributed by atoms with E-state index in [0.29, 0.717) is 5.56 Å². The van der Waals surface area contributed by atoms with Crippen molar-refractivity contribution in [2.45, 2.75) is 26.7 Å². The molecule has 0 heterocycles. The van der Waals surface area contributed by atoms with Crippen LogP contribution in [0.4, 0.5) is 0 Å². The van der Waals surface area contributed by atoms with Gasteiger partial charge in [0.05, 0.1) is 0 Å². The van der Waals surface area contributed by atoms with Crippen LogP contribution in [-0.2, 0) is 12.8 Å². The summed E-state index contributed by atoms with van der Waals surface area (Å²) in [6, 6.07) is 13.6. The third kappa shape index (κ3) is 2.95. The standard InChI is InChI=1S/C17H17BrO/c1-3-12-9-10-14(11-13(12)4-2)17(19)15-7-5-6-8-16(15)18/h5-11H,3-4H2,1-2H3. The Morgan fingerprint density at radius 3 is 2.32 bits per heavy atom. The van der Waals surface area contributed by atoms with Crippen LogP contribution in [-0.4, -0.2) is 5.78 Å². The minimum absolute atomic E-state index is 0.0739. The quantitative estimate of drug-likeness (QED) is 0.740. The lowest BCUT2D eigenvalue weighted by molar-refractivity contribution is 0.103. The van der Waals surface area contributed by atoms with Crippen LogP contribution in [0.5, 0.6) is 0 Å². The van der Waals surface area contributed by atoms with Crippen molar-refractivity contribution in [2.24, 2.45) is 0 Å². The van der Waals surface area contributed by atoms with Crippen molar-refractivity contribution in [1.29, 1.82) is 0 Å². The van der Waals surface area contributed by atoms with E-state index in [9.17, 15) is 4.79 Å². The van der Waals surface area contributed by atoms with E-state index in [1.807, 2.05) is 36.4 Å². The van der Waals surface area contributed by atoms with Gasteiger partial charge >= 0.3 is 0 Å². The Bertz CT molecular complexity index is 602. The summed E-state index contributed by atoms with van der Waals surface area (Å²) in [5.74, 6) is 0.0739. The number of benzene rings is 2. The summed E-state index contributed by atoms with van der Waals surface area (Å²) >= 11 is 3.44. The third-order valence-corrected chi connectivity index (χ3v) is 4.04. The van der Waals surface area contributed by atoms with Crippen molar-refractivity contribution in [3.8, 4) is 0 Å². The fourth-order valence-corrected chi connectivity index (χ4v) is 2.71. The largest absolute Gasteiger partial charge is 0.289 e. The van der Waals surface area contributed by atoms with Crippen molar-refractivity contribution in [3.63, 3.8) is 0 Å². The molecule has 0 aromatic heterocycles. The average Bonchev–Trinajstić information content (AvgIpc) is 2.46. The maximum absolute atomic E-state index is 12.5. The van der Waals surface area contributed by atoms with Gasteiger partial charge in [0, 0.05) is 15.6 Å². The zero-order chi connectivity index (χ0) is 13.8. The summed E-state index contributed by atoms with van der Waals surface area (Å²) in [5, 5.41) is 0. The molecule has 0 radical (unpaired) electrons. The second-order valence-corrected chi connectivity index (χ2v) is 5.35. The first-order chi connectivity index (χ1) is 9.17. The molecule has 0 aliphatic carbocycles. The van der Waals surface area contributed by atoms with Crippen LogP contribution in [0.25, 0.3) is 0 Å². The number of ketones is 1. The molecule has 2 heteroatoms. The second-order valence-electron chi connectivity index (χ2n) is 4.50. The number of hydrogen-bond donors (Lipinski definition) is 0. The Balaban J connectivity index is 2.42. The molecule has 2 aromatic carbocycles. The Labute approximate surface area is 122 Å². The van der Waals surface area contributed by atoms with Gasteiger partial charge in [-0.15, -0.1) is 0 Å². The van der Waals surface area contributed by atoms with Crippen LogP contribution >= 0.6 is 15.9 Å². The first-order valence-corrected chi connectivity index (χ1v) is 7.37. The molecule has 2 aromatic rings. The number of hydrogen-bond acceptors (Lipinski definition) is 1. The summed E-state index contributed by atoms with van der Waals surface area (Å²) in [7, 11) is 0. The Morgan fingerprint density at radius 2 is 1.68 bits per heavy atom. The molecule has 0 atom stereocenters. The second kappa shape index (κ2) is 6.16. The van der Waals surface area contributed by atoms with Crippen molar-refractivity contribution >= 4 is 21.7 Å². The molecule has 2 rings (SSSR count). The van der Waals surface area contributed by atoms with Crippen LogP contribution < -0.4 is 0 Å². The topological polar surface area (TPSA) is 17.1 Å². The van der Waals surface area contributed by atoms with Gasteiger partial charge < -0.3 is 0 Å². The van der Waals surface area contributed by atoms with E-state index >= 15 is 0 Å². The van der Waals surface area contributed by atoms with E-state index in [2.05, 4.69) is 35.8 Å². The van der Waals surface area contributed by atoms with Gasteiger partial charge in [-0.05, 0) is 42.2 Å². The van der Waals surface area contributed by atoms with Gasteiger partial charge in [0.1, 0.15) is 0 Å². The molecule has 0 saturated heterocycles. The lowest BCUT2D eigenvalue weighted by Gasteiger charge is -2.09. The number of carbonyl (C=O) groups excluding carboxylic acids is 1. The van der Waals surface area contributed by atoms with E-state index in [1.54, 1.807) is 0 Å². The molecular formula is C17H17BrO. The number of rotatable bonds is 4. The highest BCUT2D eigenvalue weighted by molar-refractivity contribution is 9.10. The number of carbonyl (C=O) groups is 1. The first-order valence-electron chi connectivity index (χ1n) is 6.58. The smallest absolute Gasteiger partial charge is 0.194 e. The Morgan fingerprint density at radius 1 is 1.00 bits per heavy atom. The molecule has 19 heavy (non-hydrogen) atoms. The molecule has 0 aliphatic heterocycles. The lowest BCUT2D eigenvalue weighted by Crippen LogP contribution is -2.04. The van der Waals surface area contributed by atoms with Gasteiger partial charge in [-0.25, -0.2) is 0 Å². The van der Waals surface area contributed by atoms with E-state index < -0.39 is 0 Å². The zero-order valence-corrected chi connectivity index (χ0v) is 12.8. The van der Waals surface area contributed by atoms with Gasteiger partial charge in [-0.3, -0.25) is 4.79 Å². The van der Waals surface area contributed by atoms with Crippen LogP contribution in [0.1, 0.15) is 40.9 Å². The molecule has 0 unspecified atom stereocenters. The Hall–Kier alpha value is -1.41. The van der Waals surface area contributed by atoms with Gasteiger partial charge in [0.15, 0.2) is 5.78 Å². The van der Waals surface area contributed by atoms with E-state index in [4.69, 9.17) is 0 Å². The molecule has 0 bridgehead atoms. The van der Waals surface area contributed by atoms with Crippen LogP contribution in [0, 0.1) is 0 Å². The number of aryl methyl sites for hydroxylation is 2. The summed E-state index contributed by atoms with van der Waals surface area (Å²) < 4.78 is 0.845. The molecule has 0 spiro atoms. The minimum atomic E-state index is 0.0739. The normalized spacial score (nSPS) is 10.5. The monoisotopic (exact) mass is 316 g/mol. The lowest BCUT2D eigenvalue weighted by atomic mass is 9.96. The van der Waals surface area contributed by atoms with Gasteiger partial charge in [0.2, 0.25) is 0 Å². The van der Waals surface area contributed by atoms with Crippen LogP contribution in [0.2, 0.25) is 0 Å². The molecule has 0 fully saturated rings. The Kier molecular flexibility index (Phi) is 4.54. The molecule has 0 aliphatic rings. The average molecular weight is 317 g/mol. The van der Waals surface area contributed by atoms with Crippen LogP contribution in [0.15, 0.2) is 46.9 Å².